The van der Waals surface area contributed by atoms with Crippen LogP contribution in [0.2, 0.25) is 0 Å². The molecule has 144 valence electrons. The van der Waals surface area contributed by atoms with E-state index >= 15 is 0 Å². The van der Waals surface area contributed by atoms with Crippen molar-refractivity contribution in [3.63, 3.8) is 0 Å². The lowest BCUT2D eigenvalue weighted by Gasteiger charge is -2.07. The van der Waals surface area contributed by atoms with Crippen molar-refractivity contribution in [1.82, 2.24) is 15.1 Å². The summed E-state index contributed by atoms with van der Waals surface area (Å²) >= 11 is 0. The van der Waals surface area contributed by atoms with Crippen molar-refractivity contribution in [2.75, 3.05) is 12.3 Å². The fourth-order valence-corrected chi connectivity index (χ4v) is 3.69. The molecule has 5 nitrogen and oxygen atoms in total. The first-order valence-electron chi connectivity index (χ1n) is 9.53. The van der Waals surface area contributed by atoms with E-state index in [4.69, 9.17) is 5.73 Å². The normalized spacial score (nSPS) is 12.8. The maximum Gasteiger partial charge on any atom is 0.272 e. The molecule has 1 heterocycles. The lowest BCUT2D eigenvalue weighted by Crippen LogP contribution is -2.27. The van der Waals surface area contributed by atoms with Crippen LogP contribution in [0.3, 0.4) is 0 Å². The zero-order chi connectivity index (χ0) is 19.7. The van der Waals surface area contributed by atoms with Crippen molar-refractivity contribution >= 4 is 11.6 Å². The van der Waals surface area contributed by atoms with Gasteiger partial charge in [-0.1, -0.05) is 18.2 Å². The molecule has 2 aromatic carbocycles. The first-order chi connectivity index (χ1) is 13.5. The summed E-state index contributed by atoms with van der Waals surface area (Å²) in [6.45, 7) is 2.35. The van der Waals surface area contributed by atoms with Gasteiger partial charge in [0.2, 0.25) is 0 Å². The van der Waals surface area contributed by atoms with Gasteiger partial charge in [0.15, 0.2) is 5.69 Å². The number of benzene rings is 2. The lowest BCUT2D eigenvalue weighted by atomic mass is 10.1. The second-order valence-electron chi connectivity index (χ2n) is 7.24. The summed E-state index contributed by atoms with van der Waals surface area (Å²) in [6.07, 6.45) is 3.26. The first kappa shape index (κ1) is 18.2. The average Bonchev–Trinajstić information content (AvgIpc) is 3.26. The quantitative estimate of drug-likeness (QED) is 0.669. The number of anilines is 1. The highest BCUT2D eigenvalue weighted by atomic mass is 19.1. The van der Waals surface area contributed by atoms with E-state index < -0.39 is 0 Å². The van der Waals surface area contributed by atoms with Gasteiger partial charge in [-0.2, -0.15) is 5.10 Å². The number of fused-ring (bicyclic) bond motifs is 1. The molecular weight excluding hydrogens is 355 g/mol. The lowest BCUT2D eigenvalue weighted by molar-refractivity contribution is 0.0948. The molecule has 1 aliphatic carbocycles. The Hall–Kier alpha value is -3.15. The van der Waals surface area contributed by atoms with Crippen LogP contribution >= 0.6 is 0 Å². The molecule has 28 heavy (non-hydrogen) atoms. The minimum atomic E-state index is -0.326. The zero-order valence-electron chi connectivity index (χ0n) is 15.8. The maximum atomic E-state index is 14.5. The Balaban J connectivity index is 1.53. The van der Waals surface area contributed by atoms with E-state index in [0.717, 1.165) is 47.3 Å². The summed E-state index contributed by atoms with van der Waals surface area (Å²) in [4.78, 5) is 12.7. The Bertz CT molecular complexity index is 1020. The standard InChI is InChI=1S/C22H23FN4O/c1-14-5-10-20(18(23)13-14)27-19-4-2-3-17(19)21(26-27)22(28)25-12-11-15-6-8-16(24)9-7-15/h5-10,13H,2-4,11-12,24H2,1H3,(H,25,28). The van der Waals surface area contributed by atoms with Crippen LogP contribution in [-0.4, -0.2) is 22.2 Å². The van der Waals surface area contributed by atoms with E-state index in [2.05, 4.69) is 10.4 Å². The van der Waals surface area contributed by atoms with Crippen LogP contribution in [-0.2, 0) is 19.3 Å². The molecule has 3 aromatic rings. The third-order valence-corrected chi connectivity index (χ3v) is 5.16. The summed E-state index contributed by atoms with van der Waals surface area (Å²) in [7, 11) is 0. The molecule has 3 N–H and O–H groups in total. The number of halogens is 1. The molecule has 6 heteroatoms. The highest BCUT2D eigenvalue weighted by molar-refractivity contribution is 5.94. The molecule has 0 spiro atoms. The van der Waals surface area contributed by atoms with Gasteiger partial charge in [0.05, 0.1) is 0 Å². The summed E-state index contributed by atoms with van der Waals surface area (Å²) < 4.78 is 16.1. The topological polar surface area (TPSA) is 72.9 Å². The Morgan fingerprint density at radius 1 is 1.21 bits per heavy atom. The van der Waals surface area contributed by atoms with Crippen LogP contribution in [0.4, 0.5) is 10.1 Å². The van der Waals surface area contributed by atoms with E-state index in [0.29, 0.717) is 24.3 Å². The van der Waals surface area contributed by atoms with Crippen LogP contribution in [0.1, 0.15) is 39.3 Å². The molecule has 0 aliphatic heterocycles. The molecule has 1 aromatic heterocycles. The maximum absolute atomic E-state index is 14.5. The number of amides is 1. The van der Waals surface area contributed by atoms with Crippen molar-refractivity contribution in [3.05, 3.63) is 76.4 Å². The minimum absolute atomic E-state index is 0.208. The minimum Gasteiger partial charge on any atom is -0.399 e. The van der Waals surface area contributed by atoms with E-state index in [-0.39, 0.29) is 11.7 Å². The number of carbonyl (C=O) groups is 1. The molecule has 0 atom stereocenters. The van der Waals surface area contributed by atoms with E-state index in [1.807, 2.05) is 37.3 Å². The molecule has 0 saturated heterocycles. The summed E-state index contributed by atoms with van der Waals surface area (Å²) in [5.74, 6) is -0.535. The van der Waals surface area contributed by atoms with Gasteiger partial charge in [0.25, 0.3) is 5.91 Å². The number of hydrogen-bond acceptors (Lipinski definition) is 3. The SMILES string of the molecule is Cc1ccc(-n2nc(C(=O)NCCc3ccc(N)cc3)c3c2CCC3)c(F)c1. The molecule has 0 radical (unpaired) electrons. The van der Waals surface area contributed by atoms with Crippen LogP contribution in [0.15, 0.2) is 42.5 Å². The molecule has 0 saturated carbocycles. The predicted octanol–water partition coefficient (Wildman–Crippen LogP) is 3.36. The number of aromatic nitrogens is 2. The molecule has 1 aliphatic rings. The molecule has 4 rings (SSSR count). The Kier molecular flexibility index (Phi) is 4.86. The fourth-order valence-electron chi connectivity index (χ4n) is 3.69. The van der Waals surface area contributed by atoms with Crippen molar-refractivity contribution in [2.24, 2.45) is 0 Å². The molecule has 0 fully saturated rings. The molecular formula is C22H23FN4O. The first-order valence-corrected chi connectivity index (χ1v) is 9.53. The monoisotopic (exact) mass is 378 g/mol. The van der Waals surface area contributed by atoms with Crippen LogP contribution < -0.4 is 11.1 Å². The number of rotatable bonds is 5. The van der Waals surface area contributed by atoms with E-state index in [1.165, 1.54) is 6.07 Å². The second kappa shape index (κ2) is 7.46. The second-order valence-corrected chi connectivity index (χ2v) is 7.24. The summed E-state index contributed by atoms with van der Waals surface area (Å²) in [5, 5.41) is 7.42. The molecule has 1 amide bonds. The van der Waals surface area contributed by atoms with Gasteiger partial charge in [0, 0.05) is 23.5 Å². The molecule has 0 unspecified atom stereocenters. The highest BCUT2D eigenvalue weighted by Gasteiger charge is 2.27. The van der Waals surface area contributed by atoms with Gasteiger partial charge in [-0.25, -0.2) is 9.07 Å². The van der Waals surface area contributed by atoms with E-state index in [1.54, 1.807) is 10.7 Å². The number of nitrogens with two attached hydrogens (primary N) is 1. The van der Waals surface area contributed by atoms with Crippen molar-refractivity contribution in [2.45, 2.75) is 32.6 Å². The Morgan fingerprint density at radius 2 is 2.00 bits per heavy atom. The summed E-state index contributed by atoms with van der Waals surface area (Å²) in [5.41, 5.74) is 11.0. The largest absolute Gasteiger partial charge is 0.399 e. The number of hydrogen-bond donors (Lipinski definition) is 2. The third-order valence-electron chi connectivity index (χ3n) is 5.16. The van der Waals surface area contributed by atoms with Gasteiger partial charge in [-0.15, -0.1) is 0 Å². The van der Waals surface area contributed by atoms with Crippen LogP contribution in [0.5, 0.6) is 0 Å². The van der Waals surface area contributed by atoms with Gasteiger partial charge in [-0.05, 0) is 68.0 Å². The number of nitrogen functional groups attached to an aromatic ring is 1. The highest BCUT2D eigenvalue weighted by Crippen LogP contribution is 2.29. The van der Waals surface area contributed by atoms with Crippen molar-refractivity contribution in [3.8, 4) is 5.69 Å². The van der Waals surface area contributed by atoms with Gasteiger partial charge >= 0.3 is 0 Å². The van der Waals surface area contributed by atoms with E-state index in [9.17, 15) is 9.18 Å². The van der Waals surface area contributed by atoms with Crippen LogP contribution in [0, 0.1) is 12.7 Å². The van der Waals surface area contributed by atoms with Crippen molar-refractivity contribution < 1.29 is 9.18 Å². The Labute approximate surface area is 163 Å². The summed E-state index contributed by atoms with van der Waals surface area (Å²) in [6, 6.07) is 12.7. The molecule has 0 bridgehead atoms. The smallest absolute Gasteiger partial charge is 0.272 e. The number of aryl methyl sites for hydroxylation is 1. The fraction of sp³-hybridized carbons (Fsp3) is 0.273. The van der Waals surface area contributed by atoms with Crippen LogP contribution in [0.25, 0.3) is 5.69 Å². The van der Waals surface area contributed by atoms with Gasteiger partial charge in [-0.3, -0.25) is 4.79 Å². The van der Waals surface area contributed by atoms with Gasteiger partial charge < -0.3 is 11.1 Å². The number of nitrogens with one attached hydrogen (secondary N) is 1. The third kappa shape index (κ3) is 3.50. The average molecular weight is 378 g/mol. The number of carbonyl (C=O) groups excluding carboxylic acids is 1. The predicted molar refractivity (Wildman–Crippen MR) is 107 cm³/mol. The van der Waals surface area contributed by atoms with Crippen molar-refractivity contribution in [1.29, 1.82) is 0 Å². The van der Waals surface area contributed by atoms with Gasteiger partial charge in [0.1, 0.15) is 11.5 Å². The Morgan fingerprint density at radius 3 is 2.75 bits per heavy atom. The zero-order valence-corrected chi connectivity index (χ0v) is 15.8. The number of nitrogens with zero attached hydrogens (tertiary/aromatic N) is 2.